The first-order valence-electron chi connectivity index (χ1n) is 10.7. The van der Waals surface area contributed by atoms with Crippen LogP contribution in [0.2, 0.25) is 0 Å². The molecule has 1 aromatic carbocycles. The first-order valence-corrected chi connectivity index (χ1v) is 10.7. The molecule has 1 atom stereocenters. The van der Waals surface area contributed by atoms with Crippen molar-refractivity contribution >= 4 is 16.8 Å². The van der Waals surface area contributed by atoms with Gasteiger partial charge in [0.1, 0.15) is 0 Å². The van der Waals surface area contributed by atoms with Gasteiger partial charge in [0.05, 0.1) is 6.20 Å². The summed E-state index contributed by atoms with van der Waals surface area (Å²) in [5.74, 6) is 0.178. The Labute approximate surface area is 171 Å². The van der Waals surface area contributed by atoms with E-state index in [9.17, 15) is 4.79 Å². The third-order valence-corrected chi connectivity index (χ3v) is 6.74. The molecule has 2 aliphatic heterocycles. The van der Waals surface area contributed by atoms with Crippen LogP contribution in [0.25, 0.3) is 10.9 Å². The Morgan fingerprint density at radius 1 is 1.21 bits per heavy atom. The van der Waals surface area contributed by atoms with Crippen LogP contribution in [-0.4, -0.2) is 63.2 Å². The monoisotopic (exact) mass is 391 g/mol. The van der Waals surface area contributed by atoms with Crippen LogP contribution < -0.4 is 0 Å². The van der Waals surface area contributed by atoms with Gasteiger partial charge in [0.25, 0.3) is 5.91 Å². The van der Waals surface area contributed by atoms with Gasteiger partial charge in [-0.3, -0.25) is 9.48 Å². The average Bonchev–Trinajstić information content (AvgIpc) is 3.46. The molecule has 0 bridgehead atoms. The van der Waals surface area contributed by atoms with Crippen molar-refractivity contribution in [2.45, 2.75) is 25.7 Å². The topological polar surface area (TPSA) is 57.2 Å². The normalized spacial score (nSPS) is 22.7. The summed E-state index contributed by atoms with van der Waals surface area (Å²) in [6.45, 7) is 5.11. The molecule has 152 valence electrons. The maximum atomic E-state index is 13.1. The minimum atomic E-state index is 0.178. The lowest BCUT2D eigenvalue weighted by Crippen LogP contribution is -2.46. The summed E-state index contributed by atoms with van der Waals surface area (Å²) in [4.78, 5) is 21.0. The minimum absolute atomic E-state index is 0.178. The number of benzene rings is 1. The second kappa shape index (κ2) is 7.34. The number of fused-ring (bicyclic) bond motifs is 1. The highest BCUT2D eigenvalue weighted by Crippen LogP contribution is 2.39. The van der Waals surface area contributed by atoms with Crippen molar-refractivity contribution in [3.8, 4) is 0 Å². The fourth-order valence-corrected chi connectivity index (χ4v) is 5.20. The number of nitrogens with zero attached hydrogens (tertiary/aromatic N) is 4. The zero-order valence-electron chi connectivity index (χ0n) is 17.1. The molecule has 2 saturated heterocycles. The maximum absolute atomic E-state index is 13.1. The molecule has 6 heteroatoms. The highest BCUT2D eigenvalue weighted by atomic mass is 16.2. The van der Waals surface area contributed by atoms with Crippen LogP contribution in [0.4, 0.5) is 0 Å². The molecule has 2 aromatic heterocycles. The van der Waals surface area contributed by atoms with E-state index >= 15 is 0 Å². The van der Waals surface area contributed by atoms with Crippen molar-refractivity contribution in [3.63, 3.8) is 0 Å². The second-order valence-electron chi connectivity index (χ2n) is 8.91. The predicted octanol–water partition coefficient (Wildman–Crippen LogP) is 3.07. The van der Waals surface area contributed by atoms with Gasteiger partial charge in [0.2, 0.25) is 0 Å². The van der Waals surface area contributed by atoms with Gasteiger partial charge in [-0.2, -0.15) is 5.10 Å². The van der Waals surface area contributed by atoms with Gasteiger partial charge in [-0.25, -0.2) is 0 Å². The van der Waals surface area contributed by atoms with Gasteiger partial charge in [-0.05, 0) is 62.1 Å². The van der Waals surface area contributed by atoms with Gasteiger partial charge < -0.3 is 14.8 Å². The third kappa shape index (κ3) is 3.69. The van der Waals surface area contributed by atoms with E-state index in [0.717, 1.165) is 55.5 Å². The summed E-state index contributed by atoms with van der Waals surface area (Å²) in [5.41, 5.74) is 3.45. The maximum Gasteiger partial charge on any atom is 0.253 e. The Kier molecular flexibility index (Phi) is 4.66. The van der Waals surface area contributed by atoms with Gasteiger partial charge >= 0.3 is 0 Å². The van der Waals surface area contributed by atoms with Gasteiger partial charge in [0, 0.05) is 67.5 Å². The first kappa shape index (κ1) is 18.4. The molecular formula is C23H29N5O. The molecule has 2 aliphatic rings. The molecule has 6 nitrogen and oxygen atoms in total. The number of likely N-dealkylation sites (tertiary alicyclic amines) is 2. The van der Waals surface area contributed by atoms with Crippen molar-refractivity contribution in [3.05, 3.63) is 54.0 Å². The van der Waals surface area contributed by atoms with Gasteiger partial charge in [-0.1, -0.05) is 0 Å². The third-order valence-electron chi connectivity index (χ3n) is 6.74. The molecule has 5 rings (SSSR count). The van der Waals surface area contributed by atoms with Crippen molar-refractivity contribution in [1.29, 1.82) is 0 Å². The quantitative estimate of drug-likeness (QED) is 0.744. The summed E-state index contributed by atoms with van der Waals surface area (Å²) in [7, 11) is 1.97. The number of rotatable bonds is 4. The van der Waals surface area contributed by atoms with E-state index < -0.39 is 0 Å². The van der Waals surface area contributed by atoms with E-state index in [2.05, 4.69) is 26.1 Å². The molecule has 0 aliphatic carbocycles. The lowest BCUT2D eigenvalue weighted by Gasteiger charge is -2.40. The Bertz CT molecular complexity index is 1020. The van der Waals surface area contributed by atoms with Crippen molar-refractivity contribution in [1.82, 2.24) is 24.6 Å². The number of hydrogen-bond acceptors (Lipinski definition) is 3. The van der Waals surface area contributed by atoms with Crippen LogP contribution >= 0.6 is 0 Å². The summed E-state index contributed by atoms with van der Waals surface area (Å²) in [6, 6.07) is 8.00. The van der Waals surface area contributed by atoms with E-state index in [1.54, 1.807) is 0 Å². The molecule has 29 heavy (non-hydrogen) atoms. The van der Waals surface area contributed by atoms with E-state index in [0.29, 0.717) is 0 Å². The Hall–Kier alpha value is -2.60. The van der Waals surface area contributed by atoms with Crippen LogP contribution in [0.1, 0.15) is 35.2 Å². The van der Waals surface area contributed by atoms with Crippen molar-refractivity contribution < 1.29 is 4.79 Å². The fourth-order valence-electron chi connectivity index (χ4n) is 5.20. The lowest BCUT2D eigenvalue weighted by molar-refractivity contribution is 0.0692. The fraction of sp³-hybridized carbons (Fsp3) is 0.478. The zero-order valence-corrected chi connectivity index (χ0v) is 17.1. The Morgan fingerprint density at radius 3 is 3.00 bits per heavy atom. The second-order valence-corrected chi connectivity index (χ2v) is 8.91. The standard InChI is InChI=1S/C23H29N5O/c1-26-15-18(14-25-26)6-11-27-10-2-7-23(16-27)8-12-28(17-23)22(29)20-3-4-21-19(13-20)5-9-24-21/h3-5,9,13-15,24H,2,6-8,10-12,16-17H2,1H3. The van der Waals surface area contributed by atoms with Crippen LogP contribution in [0.3, 0.4) is 0 Å². The summed E-state index contributed by atoms with van der Waals surface area (Å²) >= 11 is 0. The molecule has 3 aromatic rings. The van der Waals surface area contributed by atoms with Crippen LogP contribution in [0, 0.1) is 5.41 Å². The number of H-pyrrole nitrogens is 1. The zero-order chi connectivity index (χ0) is 19.8. The number of carbonyl (C=O) groups excluding carboxylic acids is 1. The molecule has 1 unspecified atom stereocenters. The number of hydrogen-bond donors (Lipinski definition) is 1. The molecule has 0 saturated carbocycles. The smallest absolute Gasteiger partial charge is 0.253 e. The number of nitrogens with one attached hydrogen (secondary N) is 1. The number of piperidine rings is 1. The Balaban J connectivity index is 1.23. The van der Waals surface area contributed by atoms with Crippen LogP contribution in [-0.2, 0) is 13.5 Å². The minimum Gasteiger partial charge on any atom is -0.361 e. The molecular weight excluding hydrogens is 362 g/mol. The largest absolute Gasteiger partial charge is 0.361 e. The molecule has 0 radical (unpaired) electrons. The molecule has 1 N–H and O–H groups in total. The highest BCUT2D eigenvalue weighted by molar-refractivity contribution is 5.98. The van der Waals surface area contributed by atoms with E-state index in [4.69, 9.17) is 0 Å². The first-order chi connectivity index (χ1) is 14.1. The van der Waals surface area contributed by atoms with Crippen LogP contribution in [0.15, 0.2) is 42.9 Å². The number of aryl methyl sites for hydroxylation is 1. The number of aromatic nitrogens is 3. The molecule has 1 spiro atoms. The van der Waals surface area contributed by atoms with Gasteiger partial charge in [-0.15, -0.1) is 0 Å². The number of carbonyl (C=O) groups is 1. The summed E-state index contributed by atoms with van der Waals surface area (Å²) in [6.07, 6.45) is 10.6. The lowest BCUT2D eigenvalue weighted by atomic mass is 9.79. The van der Waals surface area contributed by atoms with E-state index in [1.165, 1.54) is 24.9 Å². The molecule has 2 fully saturated rings. The summed E-state index contributed by atoms with van der Waals surface area (Å²) < 4.78 is 1.87. The van der Waals surface area contributed by atoms with E-state index in [-0.39, 0.29) is 11.3 Å². The van der Waals surface area contributed by atoms with E-state index in [1.807, 2.05) is 48.4 Å². The van der Waals surface area contributed by atoms with Crippen molar-refractivity contribution in [2.24, 2.45) is 12.5 Å². The predicted molar refractivity (Wildman–Crippen MR) is 114 cm³/mol. The number of aromatic amines is 1. The average molecular weight is 392 g/mol. The molecule has 1 amide bonds. The molecule has 4 heterocycles. The SMILES string of the molecule is Cn1cc(CCN2CCCC3(CCN(C(=O)c4ccc5[nH]ccc5c4)C3)C2)cn1. The number of amides is 1. The highest BCUT2D eigenvalue weighted by Gasteiger charge is 2.42. The van der Waals surface area contributed by atoms with Crippen LogP contribution in [0.5, 0.6) is 0 Å². The Morgan fingerprint density at radius 2 is 2.14 bits per heavy atom. The summed E-state index contributed by atoms with van der Waals surface area (Å²) in [5, 5.41) is 5.38. The van der Waals surface area contributed by atoms with Gasteiger partial charge in [0.15, 0.2) is 0 Å². The van der Waals surface area contributed by atoms with Crippen molar-refractivity contribution in [2.75, 3.05) is 32.7 Å².